The Morgan fingerprint density at radius 3 is 3.00 bits per heavy atom. The minimum atomic E-state index is 0.188. The molecular weight excluding hydrogens is 140 g/mol. The van der Waals surface area contributed by atoms with Crippen molar-refractivity contribution in [3.63, 3.8) is 0 Å². The van der Waals surface area contributed by atoms with Gasteiger partial charge in [-0.2, -0.15) is 0 Å². The smallest absolute Gasteiger partial charge is 0.106 e. The summed E-state index contributed by atoms with van der Waals surface area (Å²) in [4.78, 5) is 7.30. The molecule has 11 heavy (non-hydrogen) atoms. The molecule has 0 atom stereocenters. The molecule has 0 aliphatic rings. The fourth-order valence-corrected chi connectivity index (χ4v) is 1.02. The molecule has 0 fully saturated rings. The van der Waals surface area contributed by atoms with Gasteiger partial charge < -0.3 is 10.1 Å². The fraction of sp³-hybridized carbons (Fsp3) is 0.625. The fourth-order valence-electron chi connectivity index (χ4n) is 1.02. The maximum atomic E-state index is 8.61. The lowest BCUT2D eigenvalue weighted by Crippen LogP contribution is -1.91. The molecule has 0 radical (unpaired) electrons. The molecule has 0 aromatic carbocycles. The summed E-state index contributed by atoms with van der Waals surface area (Å²) in [6.45, 7) is 2.31. The number of rotatable bonds is 4. The van der Waals surface area contributed by atoms with Crippen molar-refractivity contribution in [2.45, 2.75) is 26.2 Å². The molecule has 0 aliphatic carbocycles. The van der Waals surface area contributed by atoms with E-state index in [1.165, 1.54) is 0 Å². The number of aromatic nitrogens is 2. The first-order chi connectivity index (χ1) is 5.36. The Morgan fingerprint density at radius 1 is 1.55 bits per heavy atom. The Hall–Kier alpha value is -0.830. The van der Waals surface area contributed by atoms with Gasteiger partial charge in [0.2, 0.25) is 0 Å². The molecular formula is C8H14N2O. The quantitative estimate of drug-likeness (QED) is 0.676. The molecule has 1 aromatic heterocycles. The van der Waals surface area contributed by atoms with Crippen LogP contribution in [0.15, 0.2) is 6.20 Å². The first-order valence-electron chi connectivity index (χ1n) is 4.00. The van der Waals surface area contributed by atoms with Crippen LogP contribution in [0.25, 0.3) is 0 Å². The number of aliphatic hydroxyl groups excluding tert-OH is 1. The van der Waals surface area contributed by atoms with Crippen molar-refractivity contribution in [2.75, 3.05) is 6.61 Å². The van der Waals surface area contributed by atoms with E-state index in [1.807, 2.05) is 0 Å². The second-order valence-electron chi connectivity index (χ2n) is 2.58. The normalized spacial score (nSPS) is 10.4. The molecule has 1 heterocycles. The number of aromatic amines is 1. The van der Waals surface area contributed by atoms with Gasteiger partial charge in [0.05, 0.1) is 0 Å². The van der Waals surface area contributed by atoms with Gasteiger partial charge in [0.1, 0.15) is 5.82 Å². The number of imidazole rings is 1. The van der Waals surface area contributed by atoms with Crippen LogP contribution in [0.2, 0.25) is 0 Å². The first-order valence-corrected chi connectivity index (χ1v) is 4.00. The van der Waals surface area contributed by atoms with E-state index in [9.17, 15) is 0 Å². The van der Waals surface area contributed by atoms with Crippen molar-refractivity contribution in [2.24, 2.45) is 0 Å². The molecule has 1 rings (SSSR count). The predicted octanol–water partition coefficient (Wildman–Crippen LogP) is 0.897. The highest BCUT2D eigenvalue weighted by Crippen LogP contribution is 1.99. The third kappa shape index (κ3) is 2.35. The Kier molecular flexibility index (Phi) is 3.11. The van der Waals surface area contributed by atoms with Gasteiger partial charge in [-0.15, -0.1) is 0 Å². The van der Waals surface area contributed by atoms with Crippen LogP contribution in [0.1, 0.15) is 24.9 Å². The molecule has 3 heteroatoms. The zero-order valence-corrected chi connectivity index (χ0v) is 6.80. The van der Waals surface area contributed by atoms with Gasteiger partial charge in [0.25, 0.3) is 0 Å². The van der Waals surface area contributed by atoms with Crippen LogP contribution >= 0.6 is 0 Å². The zero-order chi connectivity index (χ0) is 8.10. The zero-order valence-electron chi connectivity index (χ0n) is 6.80. The summed E-state index contributed by atoms with van der Waals surface area (Å²) in [5, 5.41) is 8.61. The highest BCUT2D eigenvalue weighted by molar-refractivity contribution is 5.01. The van der Waals surface area contributed by atoms with E-state index in [1.54, 1.807) is 6.20 Å². The standard InChI is InChI=1S/C8H14N2O/c1-2-3-8-9-6-7(10-8)4-5-11/h6,11H,2-5H2,1H3,(H,9,10). The van der Waals surface area contributed by atoms with Crippen LogP contribution in [-0.4, -0.2) is 21.7 Å². The summed E-state index contributed by atoms with van der Waals surface area (Å²) in [5.41, 5.74) is 1.02. The van der Waals surface area contributed by atoms with Gasteiger partial charge in [-0.05, 0) is 6.42 Å². The van der Waals surface area contributed by atoms with Crippen LogP contribution in [0.4, 0.5) is 0 Å². The number of aliphatic hydroxyl groups is 1. The number of nitrogens with one attached hydrogen (secondary N) is 1. The lowest BCUT2D eigenvalue weighted by atomic mass is 10.3. The molecule has 3 nitrogen and oxygen atoms in total. The summed E-state index contributed by atoms with van der Waals surface area (Å²) in [7, 11) is 0. The maximum absolute atomic E-state index is 8.61. The van der Waals surface area contributed by atoms with E-state index in [0.29, 0.717) is 6.42 Å². The molecule has 0 spiro atoms. The van der Waals surface area contributed by atoms with Crippen molar-refractivity contribution in [3.8, 4) is 0 Å². The highest BCUT2D eigenvalue weighted by atomic mass is 16.3. The van der Waals surface area contributed by atoms with E-state index < -0.39 is 0 Å². The maximum Gasteiger partial charge on any atom is 0.106 e. The van der Waals surface area contributed by atoms with Crippen molar-refractivity contribution in [1.29, 1.82) is 0 Å². The Morgan fingerprint density at radius 2 is 2.36 bits per heavy atom. The summed E-state index contributed by atoms with van der Waals surface area (Å²) in [6, 6.07) is 0. The summed E-state index contributed by atoms with van der Waals surface area (Å²) < 4.78 is 0. The van der Waals surface area contributed by atoms with Crippen molar-refractivity contribution < 1.29 is 5.11 Å². The molecule has 0 saturated carbocycles. The average Bonchev–Trinajstić information content (AvgIpc) is 2.38. The van der Waals surface area contributed by atoms with Gasteiger partial charge in [-0.25, -0.2) is 4.98 Å². The van der Waals surface area contributed by atoms with E-state index in [4.69, 9.17) is 5.11 Å². The highest BCUT2D eigenvalue weighted by Gasteiger charge is 1.97. The summed E-state index contributed by atoms with van der Waals surface area (Å²) >= 11 is 0. The van der Waals surface area contributed by atoms with Gasteiger partial charge in [-0.1, -0.05) is 6.92 Å². The summed E-state index contributed by atoms with van der Waals surface area (Å²) in [5.74, 6) is 1.02. The lowest BCUT2D eigenvalue weighted by molar-refractivity contribution is 0.298. The lowest BCUT2D eigenvalue weighted by Gasteiger charge is -1.91. The van der Waals surface area contributed by atoms with Crippen LogP contribution in [0.5, 0.6) is 0 Å². The average molecular weight is 154 g/mol. The van der Waals surface area contributed by atoms with Gasteiger partial charge in [0, 0.05) is 31.3 Å². The number of hydrogen-bond acceptors (Lipinski definition) is 2. The molecule has 0 aliphatic heterocycles. The van der Waals surface area contributed by atoms with Crippen LogP contribution in [-0.2, 0) is 12.8 Å². The molecule has 0 saturated heterocycles. The molecule has 1 aromatic rings. The minimum absolute atomic E-state index is 0.188. The topological polar surface area (TPSA) is 48.9 Å². The second-order valence-corrected chi connectivity index (χ2v) is 2.58. The van der Waals surface area contributed by atoms with Gasteiger partial charge >= 0.3 is 0 Å². The van der Waals surface area contributed by atoms with Gasteiger partial charge in [-0.3, -0.25) is 0 Å². The predicted molar refractivity (Wildman–Crippen MR) is 43.4 cm³/mol. The van der Waals surface area contributed by atoms with E-state index in [-0.39, 0.29) is 6.61 Å². The molecule has 2 N–H and O–H groups in total. The largest absolute Gasteiger partial charge is 0.396 e. The van der Waals surface area contributed by atoms with E-state index >= 15 is 0 Å². The van der Waals surface area contributed by atoms with E-state index in [0.717, 1.165) is 24.4 Å². The molecule has 62 valence electrons. The first kappa shape index (κ1) is 8.27. The number of nitrogens with zero attached hydrogens (tertiary/aromatic N) is 1. The van der Waals surface area contributed by atoms with Crippen molar-refractivity contribution in [1.82, 2.24) is 9.97 Å². The van der Waals surface area contributed by atoms with Crippen molar-refractivity contribution >= 4 is 0 Å². The molecule has 0 unspecified atom stereocenters. The second kappa shape index (κ2) is 4.13. The SMILES string of the molecule is CCCc1ncc(CCO)[nH]1. The van der Waals surface area contributed by atoms with Crippen molar-refractivity contribution in [3.05, 3.63) is 17.7 Å². The third-order valence-corrected chi connectivity index (χ3v) is 1.55. The van der Waals surface area contributed by atoms with Crippen LogP contribution in [0, 0.1) is 0 Å². The van der Waals surface area contributed by atoms with E-state index in [2.05, 4.69) is 16.9 Å². The number of H-pyrrole nitrogens is 1. The van der Waals surface area contributed by atoms with Gasteiger partial charge in [0.15, 0.2) is 0 Å². The summed E-state index contributed by atoms with van der Waals surface area (Å²) in [6.07, 6.45) is 4.56. The Balaban J connectivity index is 2.51. The Bertz CT molecular complexity index is 187. The molecule has 0 amide bonds. The number of aryl methyl sites for hydroxylation is 1. The number of hydrogen-bond donors (Lipinski definition) is 2. The minimum Gasteiger partial charge on any atom is -0.396 e. The molecule has 0 bridgehead atoms. The van der Waals surface area contributed by atoms with Crippen LogP contribution < -0.4 is 0 Å². The monoisotopic (exact) mass is 154 g/mol. The Labute approximate surface area is 66.5 Å². The third-order valence-electron chi connectivity index (χ3n) is 1.55. The van der Waals surface area contributed by atoms with Crippen LogP contribution in [0.3, 0.4) is 0 Å².